The number of aromatic hydroxyl groups is 1. The second-order valence-electron chi connectivity index (χ2n) is 17.0. The molecule has 304 valence electrons. The number of nitrogens with zero attached hydrogens (tertiary/aromatic N) is 6. The van der Waals surface area contributed by atoms with E-state index in [9.17, 15) is 19.1 Å². The molecule has 0 spiro atoms. The number of ether oxygens (including phenoxy) is 4. The molecule has 2 aromatic heterocycles. The molecule has 6 atom stereocenters. The zero-order chi connectivity index (χ0) is 40.8. The van der Waals surface area contributed by atoms with Crippen molar-refractivity contribution in [1.82, 2.24) is 24.8 Å². The quantitative estimate of drug-likeness (QED) is 0.134. The molecular formula is C42H43F3N6O7. The van der Waals surface area contributed by atoms with E-state index in [0.717, 1.165) is 19.4 Å². The Morgan fingerprint density at radius 3 is 2.69 bits per heavy atom. The predicted molar refractivity (Wildman–Crippen MR) is 205 cm³/mol. The molecule has 7 heterocycles. The first-order valence-corrected chi connectivity index (χ1v) is 19.6. The van der Waals surface area contributed by atoms with Crippen molar-refractivity contribution >= 4 is 39.6 Å². The minimum absolute atomic E-state index is 0.0148. The maximum atomic E-state index is 17.4. The molecule has 2 bridgehead atoms. The lowest BCUT2D eigenvalue weighted by atomic mass is 9.95. The van der Waals surface area contributed by atoms with Gasteiger partial charge in [0.25, 0.3) is 0 Å². The fourth-order valence-corrected chi connectivity index (χ4v) is 9.55. The summed E-state index contributed by atoms with van der Waals surface area (Å²) >= 11 is 0. The van der Waals surface area contributed by atoms with Gasteiger partial charge in [0, 0.05) is 37.4 Å². The molecule has 9 rings (SSSR count). The number of esters is 1. The van der Waals surface area contributed by atoms with Gasteiger partial charge in [-0.3, -0.25) is 14.6 Å². The first-order chi connectivity index (χ1) is 27.7. The van der Waals surface area contributed by atoms with Crippen molar-refractivity contribution in [2.24, 2.45) is 5.41 Å². The van der Waals surface area contributed by atoms with E-state index in [1.807, 2.05) is 4.90 Å². The van der Waals surface area contributed by atoms with Crippen LogP contribution in [0.1, 0.15) is 65.4 Å². The number of phenols is 1. The van der Waals surface area contributed by atoms with E-state index in [2.05, 4.69) is 20.8 Å². The summed E-state index contributed by atoms with van der Waals surface area (Å²) in [4.78, 5) is 46.1. The molecule has 1 amide bonds. The van der Waals surface area contributed by atoms with Crippen LogP contribution in [0.2, 0.25) is 0 Å². The number of alkyl halides is 1. The molecule has 0 aliphatic carbocycles. The van der Waals surface area contributed by atoms with Gasteiger partial charge in [0.05, 0.1) is 34.6 Å². The van der Waals surface area contributed by atoms with Gasteiger partial charge < -0.3 is 29.0 Å². The van der Waals surface area contributed by atoms with Crippen LogP contribution in [0, 0.1) is 29.4 Å². The summed E-state index contributed by atoms with van der Waals surface area (Å²) < 4.78 is 71.0. The molecule has 4 fully saturated rings. The number of hydrogen-bond donors (Lipinski definition) is 1. The van der Waals surface area contributed by atoms with E-state index >= 15 is 8.78 Å². The standard InChI is InChI=1S/C42H43F3N6O7/c1-6-26-28(44)10-8-22-14-25(52)15-27(31(22)26)34-33(45)35-32-36(48-39(47-35)56-20-42-12-7-13-49(42)17-23(43)16-42)50-18-24-9-11-29(30(50)19-55-37(32)46-34)51(24)40(54)58-21(2)57-38(53)41(3,4)5/h1,8,10,14-15,21,23-24,29-30,52H,7,9,11-13,16-20H2,2-5H3/t21?,23-,24?,29?,30?,42+/m1/s1. The molecule has 1 N–H and O–H groups in total. The van der Waals surface area contributed by atoms with Crippen LogP contribution in [0.4, 0.5) is 23.8 Å². The second-order valence-corrected chi connectivity index (χ2v) is 17.0. The number of aromatic nitrogens is 3. The van der Waals surface area contributed by atoms with Crippen LogP contribution in [0.25, 0.3) is 32.9 Å². The van der Waals surface area contributed by atoms with Crippen LogP contribution < -0.4 is 14.4 Å². The van der Waals surface area contributed by atoms with E-state index in [-0.39, 0.29) is 82.4 Å². The van der Waals surface area contributed by atoms with Gasteiger partial charge in [-0.15, -0.1) is 6.42 Å². The lowest BCUT2D eigenvalue weighted by Crippen LogP contribution is -2.63. The van der Waals surface area contributed by atoms with Gasteiger partial charge in [0.2, 0.25) is 12.2 Å². The Bertz CT molecular complexity index is 2420. The third-order valence-electron chi connectivity index (χ3n) is 12.2. The molecule has 0 saturated carbocycles. The van der Waals surface area contributed by atoms with Crippen LogP contribution >= 0.6 is 0 Å². The van der Waals surface area contributed by atoms with Gasteiger partial charge in [-0.1, -0.05) is 12.0 Å². The van der Waals surface area contributed by atoms with Crippen LogP contribution in [0.5, 0.6) is 17.6 Å². The average Bonchev–Trinajstić information content (AvgIpc) is 3.78. The Labute approximate surface area is 332 Å². The van der Waals surface area contributed by atoms with E-state index in [4.69, 9.17) is 30.4 Å². The lowest BCUT2D eigenvalue weighted by Gasteiger charge is -2.46. The second kappa shape index (κ2) is 13.8. The van der Waals surface area contributed by atoms with Gasteiger partial charge in [-0.25, -0.2) is 22.9 Å². The normalized spacial score (nSPS) is 25.5. The molecule has 2 aromatic carbocycles. The van der Waals surface area contributed by atoms with Gasteiger partial charge in [-0.05, 0) is 76.6 Å². The van der Waals surface area contributed by atoms with E-state index < -0.39 is 59.2 Å². The summed E-state index contributed by atoms with van der Waals surface area (Å²) in [5, 5.41) is 11.4. The summed E-state index contributed by atoms with van der Waals surface area (Å²) in [7, 11) is 0. The zero-order valence-electron chi connectivity index (χ0n) is 32.6. The zero-order valence-corrected chi connectivity index (χ0v) is 32.6. The maximum Gasteiger partial charge on any atom is 0.413 e. The minimum atomic E-state index is -1.14. The van der Waals surface area contributed by atoms with E-state index in [1.165, 1.54) is 31.2 Å². The fraction of sp³-hybridized carbons (Fsp3) is 0.500. The third-order valence-corrected chi connectivity index (χ3v) is 12.2. The minimum Gasteiger partial charge on any atom is -0.508 e. The lowest BCUT2D eigenvalue weighted by molar-refractivity contribution is -0.176. The van der Waals surface area contributed by atoms with Crippen molar-refractivity contribution in [3.05, 3.63) is 41.5 Å². The predicted octanol–water partition coefficient (Wildman–Crippen LogP) is 6.25. The Morgan fingerprint density at radius 1 is 1.10 bits per heavy atom. The number of piperazine rings is 1. The first kappa shape index (κ1) is 38.0. The molecule has 5 aliphatic heterocycles. The molecule has 16 heteroatoms. The van der Waals surface area contributed by atoms with Gasteiger partial charge in [0.1, 0.15) is 53.4 Å². The summed E-state index contributed by atoms with van der Waals surface area (Å²) in [5.41, 5.74) is -1.98. The average molecular weight is 801 g/mol. The van der Waals surface area contributed by atoms with Crippen molar-refractivity contribution < 1.29 is 46.8 Å². The van der Waals surface area contributed by atoms with Gasteiger partial charge >= 0.3 is 18.1 Å². The number of benzene rings is 2. The van der Waals surface area contributed by atoms with Crippen LogP contribution in [0.3, 0.4) is 0 Å². The van der Waals surface area contributed by atoms with Crippen molar-refractivity contribution in [2.45, 2.75) is 95.9 Å². The summed E-state index contributed by atoms with van der Waals surface area (Å²) in [6.45, 7) is 7.97. The smallest absolute Gasteiger partial charge is 0.413 e. The highest BCUT2D eigenvalue weighted by atomic mass is 19.1. The van der Waals surface area contributed by atoms with Crippen LogP contribution in [0.15, 0.2) is 24.3 Å². The monoisotopic (exact) mass is 800 g/mol. The molecule has 13 nitrogen and oxygen atoms in total. The number of carbonyl (C=O) groups is 2. The number of terminal acetylenes is 1. The SMILES string of the molecule is C#Cc1c(F)ccc2cc(O)cc(-c3nc4c5c(nc(OC[C@@]67CCCN6C[C@H](F)C7)nc5c3F)N3CC5CCC(C3CO4)N5C(=O)OC(C)OC(=O)C(C)(C)C)c12. The largest absolute Gasteiger partial charge is 0.508 e. The number of carbonyl (C=O) groups excluding carboxylic acids is 2. The van der Waals surface area contributed by atoms with Crippen LogP contribution in [-0.4, -0.2) is 111 Å². The van der Waals surface area contributed by atoms with Crippen molar-refractivity contribution in [2.75, 3.05) is 37.7 Å². The number of anilines is 1. The number of amides is 1. The Balaban J connectivity index is 1.14. The van der Waals surface area contributed by atoms with Crippen molar-refractivity contribution in [1.29, 1.82) is 0 Å². The molecule has 4 aromatic rings. The highest BCUT2D eigenvalue weighted by Gasteiger charge is 2.52. The number of fused-ring (bicyclic) bond motifs is 7. The Kier molecular flexibility index (Phi) is 9.03. The van der Waals surface area contributed by atoms with Crippen molar-refractivity contribution in [3.63, 3.8) is 0 Å². The molecule has 4 unspecified atom stereocenters. The summed E-state index contributed by atoms with van der Waals surface area (Å²) in [5.74, 6) is 0.236. The summed E-state index contributed by atoms with van der Waals surface area (Å²) in [6.07, 6.45) is 6.08. The van der Waals surface area contributed by atoms with E-state index in [0.29, 0.717) is 31.2 Å². The highest BCUT2D eigenvalue weighted by Crippen LogP contribution is 2.47. The van der Waals surface area contributed by atoms with E-state index in [1.54, 1.807) is 25.7 Å². The van der Waals surface area contributed by atoms with Crippen LogP contribution in [-0.2, 0) is 14.3 Å². The molecule has 4 saturated heterocycles. The number of pyridine rings is 1. The number of rotatable bonds is 6. The topological polar surface area (TPSA) is 140 Å². The molecule has 5 aliphatic rings. The summed E-state index contributed by atoms with van der Waals surface area (Å²) in [6, 6.07) is 3.78. The van der Waals surface area contributed by atoms with Crippen molar-refractivity contribution in [3.8, 4) is 41.2 Å². The molecule has 0 radical (unpaired) electrons. The Morgan fingerprint density at radius 2 is 1.91 bits per heavy atom. The number of hydrogen-bond acceptors (Lipinski definition) is 12. The fourth-order valence-electron chi connectivity index (χ4n) is 9.55. The maximum absolute atomic E-state index is 17.4. The molecular weight excluding hydrogens is 757 g/mol. The molecule has 58 heavy (non-hydrogen) atoms. The Hall–Kier alpha value is -5.56. The van der Waals surface area contributed by atoms with Gasteiger partial charge in [0.15, 0.2) is 5.82 Å². The first-order valence-electron chi connectivity index (χ1n) is 19.6. The highest BCUT2D eigenvalue weighted by molar-refractivity contribution is 6.04. The third kappa shape index (κ3) is 6.16. The van der Waals surface area contributed by atoms with Gasteiger partial charge in [-0.2, -0.15) is 9.97 Å². The number of phenolic OH excluding ortho intramolecular Hbond substituents is 1. The number of halogens is 3.